The predicted molar refractivity (Wildman–Crippen MR) is 219 cm³/mol. The maximum absolute atomic E-state index is 3.78. The highest BCUT2D eigenvalue weighted by Crippen LogP contribution is 2.62. The van der Waals surface area contributed by atoms with Crippen molar-refractivity contribution in [3.05, 3.63) is 221 Å². The summed E-state index contributed by atoms with van der Waals surface area (Å²) in [4.78, 5) is 5.28. The zero-order valence-corrected chi connectivity index (χ0v) is 30.2. The molecule has 1 aliphatic carbocycles. The third kappa shape index (κ3) is 5.19. The molecule has 1 unspecified atom stereocenters. The number of para-hydroxylation sites is 1. The lowest BCUT2D eigenvalue weighted by molar-refractivity contribution is 0.667. The Morgan fingerprint density at radius 1 is 0.404 bits per heavy atom. The molecule has 2 heterocycles. The van der Waals surface area contributed by atoms with Gasteiger partial charge in [0.25, 0.3) is 0 Å². The van der Waals surface area contributed by atoms with Gasteiger partial charge in [-0.3, -0.25) is 0 Å². The molecule has 0 radical (unpaired) electrons. The Hall–Kier alpha value is -5.48. The van der Waals surface area contributed by atoms with Crippen molar-refractivity contribution < 1.29 is 0 Å². The van der Waals surface area contributed by atoms with Crippen LogP contribution in [-0.2, 0) is 5.41 Å². The van der Waals surface area contributed by atoms with Crippen LogP contribution in [0.1, 0.15) is 46.2 Å². The van der Waals surface area contributed by atoms with Crippen molar-refractivity contribution in [2.45, 2.75) is 37.8 Å². The number of allylic oxidation sites excluding steroid dienone is 4. The first-order valence-electron chi connectivity index (χ1n) is 18.0. The van der Waals surface area contributed by atoms with Crippen molar-refractivity contribution in [3.8, 4) is 11.1 Å². The van der Waals surface area contributed by atoms with Gasteiger partial charge in [-0.15, -0.1) is 0 Å². The normalized spacial score (nSPS) is 17.0. The first-order valence-corrected chi connectivity index (χ1v) is 19.6. The summed E-state index contributed by atoms with van der Waals surface area (Å²) in [5, 5.41) is 3.78. The molecule has 7 aromatic rings. The van der Waals surface area contributed by atoms with Gasteiger partial charge in [0.15, 0.2) is 0 Å². The summed E-state index contributed by atoms with van der Waals surface area (Å²) in [5.74, 6) is 0. The minimum atomic E-state index is -0.470. The van der Waals surface area contributed by atoms with E-state index in [-0.39, 0.29) is 0 Å². The maximum atomic E-state index is 3.78. The van der Waals surface area contributed by atoms with Crippen LogP contribution in [-0.4, -0.2) is 0 Å². The largest absolute Gasteiger partial charge is 0.358 e. The minimum absolute atomic E-state index is 0.470. The second kappa shape index (κ2) is 12.9. The van der Waals surface area contributed by atoms with Crippen molar-refractivity contribution in [2.24, 2.45) is 0 Å². The van der Waals surface area contributed by atoms with Crippen LogP contribution in [0.3, 0.4) is 0 Å². The lowest BCUT2D eigenvalue weighted by Gasteiger charge is -2.46. The molecule has 2 aliphatic heterocycles. The van der Waals surface area contributed by atoms with E-state index in [1.54, 1.807) is 0 Å². The molecule has 1 spiro atoms. The van der Waals surface area contributed by atoms with Crippen LogP contribution < -0.4 is 5.32 Å². The quantitative estimate of drug-likeness (QED) is 0.192. The van der Waals surface area contributed by atoms with E-state index in [1.807, 2.05) is 23.5 Å². The van der Waals surface area contributed by atoms with Crippen LogP contribution in [0.2, 0.25) is 0 Å². The van der Waals surface area contributed by atoms with E-state index in [1.165, 1.54) is 80.9 Å². The highest BCUT2D eigenvalue weighted by molar-refractivity contribution is 8.00. The molecule has 52 heavy (non-hydrogen) atoms. The van der Waals surface area contributed by atoms with Gasteiger partial charge in [-0.1, -0.05) is 151 Å². The number of hydrogen-bond acceptors (Lipinski definition) is 3. The zero-order chi connectivity index (χ0) is 34.5. The standard InChI is InChI=1S/C49H35NS2/c1-4-14-33(15-5-1)36-25-28-47-42(31-36)49(40-20-10-12-22-45(40)51-47)41-21-11-13-23-46(41)52-48-29-26-37(32-43(48)49)35-24-27-44(50-38-18-8-3-9-19-38)39(30-35)34-16-6-2-7-17-34/h1-23,25-26,28-32,50H,24,27H2. The van der Waals surface area contributed by atoms with Gasteiger partial charge in [0.05, 0.1) is 5.41 Å². The van der Waals surface area contributed by atoms with Crippen molar-refractivity contribution in [1.29, 1.82) is 0 Å². The van der Waals surface area contributed by atoms with Crippen LogP contribution in [0.5, 0.6) is 0 Å². The maximum Gasteiger partial charge on any atom is 0.0745 e. The van der Waals surface area contributed by atoms with E-state index in [0.29, 0.717) is 0 Å². The zero-order valence-electron chi connectivity index (χ0n) is 28.6. The molecule has 0 saturated carbocycles. The molecule has 3 aliphatic rings. The smallest absolute Gasteiger partial charge is 0.0745 e. The van der Waals surface area contributed by atoms with Crippen LogP contribution in [0.4, 0.5) is 5.69 Å². The van der Waals surface area contributed by atoms with Crippen molar-refractivity contribution in [1.82, 2.24) is 0 Å². The van der Waals surface area contributed by atoms with Crippen LogP contribution in [0, 0.1) is 0 Å². The molecule has 0 aromatic heterocycles. The Balaban J connectivity index is 1.20. The molecule has 0 amide bonds. The van der Waals surface area contributed by atoms with Crippen LogP contribution >= 0.6 is 23.5 Å². The molecule has 0 fully saturated rings. The fourth-order valence-corrected chi connectivity index (χ4v) is 10.7. The second-order valence-corrected chi connectivity index (χ2v) is 15.8. The molecule has 1 atom stereocenters. The molecule has 1 N–H and O–H groups in total. The monoisotopic (exact) mass is 701 g/mol. The first-order chi connectivity index (χ1) is 25.8. The van der Waals surface area contributed by atoms with E-state index in [9.17, 15) is 0 Å². The summed E-state index contributed by atoms with van der Waals surface area (Å²) in [6.45, 7) is 0. The summed E-state index contributed by atoms with van der Waals surface area (Å²) >= 11 is 3.81. The van der Waals surface area contributed by atoms with E-state index in [4.69, 9.17) is 0 Å². The summed E-state index contributed by atoms with van der Waals surface area (Å²) in [5.41, 5.74) is 15.0. The van der Waals surface area contributed by atoms with Gasteiger partial charge in [-0.05, 0) is 118 Å². The Bertz CT molecular complexity index is 2490. The van der Waals surface area contributed by atoms with Crippen LogP contribution in [0.15, 0.2) is 207 Å². The van der Waals surface area contributed by atoms with E-state index in [0.717, 1.165) is 18.5 Å². The summed E-state index contributed by atoms with van der Waals surface area (Å²) in [7, 11) is 0. The highest BCUT2D eigenvalue weighted by atomic mass is 32.2. The Morgan fingerprint density at radius 2 is 0.904 bits per heavy atom. The number of rotatable bonds is 5. The molecule has 0 saturated heterocycles. The number of benzene rings is 7. The fraction of sp³-hybridized carbons (Fsp3) is 0.0612. The molecule has 7 aromatic carbocycles. The third-order valence-electron chi connectivity index (χ3n) is 10.7. The topological polar surface area (TPSA) is 12.0 Å². The van der Waals surface area contributed by atoms with Gasteiger partial charge in [0.1, 0.15) is 0 Å². The summed E-state index contributed by atoms with van der Waals surface area (Å²) in [6.07, 6.45) is 4.34. The Morgan fingerprint density at radius 3 is 1.54 bits per heavy atom. The molecule has 248 valence electrons. The highest BCUT2D eigenvalue weighted by Gasteiger charge is 2.49. The van der Waals surface area contributed by atoms with Crippen molar-refractivity contribution in [3.63, 3.8) is 0 Å². The predicted octanol–water partition coefficient (Wildman–Crippen LogP) is 13.4. The van der Waals surface area contributed by atoms with Crippen LogP contribution in [0.25, 0.3) is 22.3 Å². The number of nitrogens with one attached hydrogen (secondary N) is 1. The van der Waals surface area contributed by atoms with E-state index in [2.05, 4.69) is 187 Å². The second-order valence-electron chi connectivity index (χ2n) is 13.7. The van der Waals surface area contributed by atoms with Crippen molar-refractivity contribution >= 4 is 40.4 Å². The molecular formula is C49H35NS2. The minimum Gasteiger partial charge on any atom is -0.358 e. The SMILES string of the molecule is C1=C(c2ccc3c(c2)C2(c4ccccc4S3)c3ccccc3Sc3ccc(-c4ccccc4)cc32)CCC(Nc2ccccc2)=C1c1ccccc1. The number of hydrogen-bond donors (Lipinski definition) is 1. The van der Waals surface area contributed by atoms with Gasteiger partial charge in [-0.2, -0.15) is 0 Å². The van der Waals surface area contributed by atoms with Crippen molar-refractivity contribution in [2.75, 3.05) is 5.32 Å². The third-order valence-corrected chi connectivity index (χ3v) is 13.0. The lowest BCUT2D eigenvalue weighted by atomic mass is 9.63. The molecule has 10 rings (SSSR count). The number of anilines is 1. The van der Waals surface area contributed by atoms with E-state index < -0.39 is 5.41 Å². The van der Waals surface area contributed by atoms with Gasteiger partial charge in [0, 0.05) is 36.5 Å². The molecular weight excluding hydrogens is 667 g/mol. The number of fused-ring (bicyclic) bond motifs is 8. The van der Waals surface area contributed by atoms with E-state index >= 15 is 0 Å². The van der Waals surface area contributed by atoms with Gasteiger partial charge < -0.3 is 5.32 Å². The Labute approximate surface area is 314 Å². The summed E-state index contributed by atoms with van der Waals surface area (Å²) < 4.78 is 0. The van der Waals surface area contributed by atoms with Gasteiger partial charge in [0.2, 0.25) is 0 Å². The van der Waals surface area contributed by atoms with Gasteiger partial charge in [-0.25, -0.2) is 0 Å². The summed E-state index contributed by atoms with van der Waals surface area (Å²) in [6, 6.07) is 64.9. The molecule has 0 bridgehead atoms. The Kier molecular flexibility index (Phi) is 7.78. The van der Waals surface area contributed by atoms with Gasteiger partial charge >= 0.3 is 0 Å². The lowest BCUT2D eigenvalue weighted by Crippen LogP contribution is -2.36. The average molecular weight is 702 g/mol. The first kappa shape index (κ1) is 31.3. The average Bonchev–Trinajstić information content (AvgIpc) is 3.22. The fourth-order valence-electron chi connectivity index (χ4n) is 8.33. The molecule has 1 nitrogen and oxygen atoms in total. The molecule has 3 heteroatoms.